The number of carbonyl (C=O) groups excluding carboxylic acids is 3. The summed E-state index contributed by atoms with van der Waals surface area (Å²) in [5, 5.41) is 17.7. The molecular formula is C25H25N5O5. The lowest BCUT2D eigenvalue weighted by Gasteiger charge is -2.34. The zero-order chi connectivity index (χ0) is 24.9. The van der Waals surface area contributed by atoms with Gasteiger partial charge in [-0.1, -0.05) is 0 Å². The third kappa shape index (κ3) is 3.86. The number of anilines is 4. The van der Waals surface area contributed by atoms with Crippen molar-refractivity contribution in [2.24, 2.45) is 0 Å². The van der Waals surface area contributed by atoms with Crippen LogP contribution in [0.15, 0.2) is 48.7 Å². The summed E-state index contributed by atoms with van der Waals surface area (Å²) in [4.78, 5) is 43.8. The number of rotatable bonds is 4. The molecule has 35 heavy (non-hydrogen) atoms. The fourth-order valence-electron chi connectivity index (χ4n) is 4.45. The number of aliphatic hydroxyl groups excluding tert-OH is 1. The van der Waals surface area contributed by atoms with Crippen molar-refractivity contribution in [1.29, 1.82) is 0 Å². The number of hydrogen-bond donors (Lipinski definition) is 4. The van der Waals surface area contributed by atoms with E-state index in [1.807, 2.05) is 13.8 Å². The quantitative estimate of drug-likeness (QED) is 0.450. The minimum atomic E-state index is -1.72. The third-order valence-electron chi connectivity index (χ3n) is 6.54. The molecule has 10 heteroatoms. The Morgan fingerprint density at radius 3 is 2.86 bits per heavy atom. The molecule has 3 aromatic rings. The van der Waals surface area contributed by atoms with Crippen molar-refractivity contribution < 1.29 is 24.2 Å². The van der Waals surface area contributed by atoms with Gasteiger partial charge in [-0.2, -0.15) is 0 Å². The van der Waals surface area contributed by atoms with Crippen molar-refractivity contribution in [3.05, 3.63) is 54.2 Å². The van der Waals surface area contributed by atoms with Gasteiger partial charge >= 0.3 is 0 Å². The molecule has 180 valence electrons. The van der Waals surface area contributed by atoms with E-state index in [-0.39, 0.29) is 19.1 Å². The van der Waals surface area contributed by atoms with Gasteiger partial charge in [0.05, 0.1) is 12.0 Å². The van der Waals surface area contributed by atoms with E-state index in [4.69, 9.17) is 10.5 Å². The topological polar surface area (TPSA) is 147 Å². The van der Waals surface area contributed by atoms with Gasteiger partial charge in [-0.25, -0.2) is 4.98 Å². The van der Waals surface area contributed by atoms with Gasteiger partial charge in [0, 0.05) is 35.2 Å². The first-order chi connectivity index (χ1) is 16.7. The van der Waals surface area contributed by atoms with E-state index in [9.17, 15) is 19.5 Å². The van der Waals surface area contributed by atoms with E-state index < -0.39 is 29.4 Å². The lowest BCUT2D eigenvalue weighted by Crippen LogP contribution is -2.55. The van der Waals surface area contributed by atoms with Gasteiger partial charge in [-0.05, 0) is 67.3 Å². The average Bonchev–Trinajstić information content (AvgIpc) is 3.06. The number of amides is 3. The number of morpholine rings is 1. The number of hydrogen-bond acceptors (Lipinski definition) is 7. The molecule has 5 N–H and O–H groups in total. The summed E-state index contributed by atoms with van der Waals surface area (Å²) >= 11 is 0. The number of aromatic nitrogens is 1. The molecule has 2 aliphatic rings. The maximum atomic E-state index is 13.2. The Labute approximate surface area is 201 Å². The molecule has 2 aliphatic heterocycles. The molecule has 2 aromatic carbocycles. The van der Waals surface area contributed by atoms with Crippen molar-refractivity contribution in [1.82, 2.24) is 4.98 Å². The predicted molar refractivity (Wildman–Crippen MR) is 131 cm³/mol. The number of ether oxygens (including phenoxy) is 1. The molecule has 0 bridgehead atoms. The van der Waals surface area contributed by atoms with Crippen LogP contribution in [0.2, 0.25) is 0 Å². The fourth-order valence-corrected chi connectivity index (χ4v) is 4.45. The van der Waals surface area contributed by atoms with Gasteiger partial charge in [0.1, 0.15) is 5.82 Å². The maximum Gasteiger partial charge on any atom is 0.259 e. The fraction of sp³-hybridized carbons (Fsp3) is 0.280. The Hall–Kier alpha value is -4.02. The second kappa shape index (κ2) is 8.33. The van der Waals surface area contributed by atoms with Gasteiger partial charge in [0.25, 0.3) is 11.8 Å². The van der Waals surface area contributed by atoms with Crippen molar-refractivity contribution in [3.63, 3.8) is 0 Å². The van der Waals surface area contributed by atoms with Gasteiger partial charge in [-0.3, -0.25) is 14.4 Å². The van der Waals surface area contributed by atoms with Crippen LogP contribution >= 0.6 is 0 Å². The summed E-state index contributed by atoms with van der Waals surface area (Å²) in [7, 11) is 0. The number of nitrogens with one attached hydrogen (secondary N) is 2. The number of nitrogen functional groups attached to an aromatic ring is 1. The first-order valence-corrected chi connectivity index (χ1v) is 11.2. The van der Waals surface area contributed by atoms with Crippen LogP contribution in [-0.4, -0.2) is 53.2 Å². The Balaban J connectivity index is 1.33. The van der Waals surface area contributed by atoms with Crippen LogP contribution < -0.4 is 21.3 Å². The lowest BCUT2D eigenvalue weighted by molar-refractivity contribution is -0.150. The molecule has 3 amide bonds. The van der Waals surface area contributed by atoms with Gasteiger partial charge in [-0.15, -0.1) is 0 Å². The summed E-state index contributed by atoms with van der Waals surface area (Å²) in [6.07, 6.45) is -1.53. The van der Waals surface area contributed by atoms with E-state index in [0.717, 1.165) is 16.3 Å². The lowest BCUT2D eigenvalue weighted by atomic mass is 9.86. The second-order valence-electron chi connectivity index (χ2n) is 9.16. The minimum Gasteiger partial charge on any atom is -0.383 e. The van der Waals surface area contributed by atoms with Crippen molar-refractivity contribution in [2.45, 2.75) is 31.5 Å². The molecule has 3 heterocycles. The van der Waals surface area contributed by atoms with Crippen LogP contribution in [0.25, 0.3) is 10.8 Å². The SMILES string of the molecule is CC1(C)C(=O)Nc2ccc(N3CCO[C@H](C(O)C(=O)Nc4ccc5c(N)nccc5c4)C3=O)cc21. The highest BCUT2D eigenvalue weighted by Crippen LogP contribution is 2.39. The zero-order valence-electron chi connectivity index (χ0n) is 19.2. The standard InChI is InChI=1S/C25H25N5O5/c1-25(2)17-12-15(4-6-18(17)29-24(25)34)30-9-10-35-20(23(30)33)19(31)22(32)28-14-3-5-16-13(11-14)7-8-27-21(16)26/h3-8,11-12,19-20,31H,9-10H2,1-2H3,(H2,26,27)(H,28,32)(H,29,34)/t19?,20-/m1/s1. The third-order valence-corrected chi connectivity index (χ3v) is 6.54. The highest BCUT2D eigenvalue weighted by molar-refractivity contribution is 6.08. The molecule has 5 rings (SSSR count). The number of pyridine rings is 1. The molecule has 2 atom stereocenters. The van der Waals surface area contributed by atoms with Gasteiger partial charge < -0.3 is 31.1 Å². The highest BCUT2D eigenvalue weighted by atomic mass is 16.5. The van der Waals surface area contributed by atoms with E-state index >= 15 is 0 Å². The molecule has 1 unspecified atom stereocenters. The average molecular weight is 476 g/mol. The Kier molecular flexibility index (Phi) is 5.42. The molecule has 0 spiro atoms. The van der Waals surface area contributed by atoms with E-state index in [1.54, 1.807) is 48.7 Å². The first-order valence-electron chi connectivity index (χ1n) is 11.2. The maximum absolute atomic E-state index is 13.2. The summed E-state index contributed by atoms with van der Waals surface area (Å²) in [5.74, 6) is -1.05. The highest BCUT2D eigenvalue weighted by Gasteiger charge is 2.42. The Morgan fingerprint density at radius 2 is 2.06 bits per heavy atom. The second-order valence-corrected chi connectivity index (χ2v) is 9.16. The molecule has 10 nitrogen and oxygen atoms in total. The van der Waals surface area contributed by atoms with Crippen LogP contribution in [0, 0.1) is 0 Å². The first kappa shape index (κ1) is 22.8. The summed E-state index contributed by atoms with van der Waals surface area (Å²) in [6, 6.07) is 12.1. The van der Waals surface area contributed by atoms with Gasteiger partial charge in [0.15, 0.2) is 12.2 Å². The monoisotopic (exact) mass is 475 g/mol. The molecule has 1 fully saturated rings. The number of fused-ring (bicyclic) bond motifs is 2. The van der Waals surface area contributed by atoms with Crippen LogP contribution in [0.5, 0.6) is 0 Å². The zero-order valence-corrected chi connectivity index (χ0v) is 19.2. The van der Waals surface area contributed by atoms with Crippen LogP contribution in [-0.2, 0) is 24.5 Å². The van der Waals surface area contributed by atoms with Gasteiger partial charge in [0.2, 0.25) is 5.91 Å². The Bertz CT molecular complexity index is 1370. The number of benzene rings is 2. The number of aliphatic hydroxyl groups is 1. The number of nitrogens with zero attached hydrogens (tertiary/aromatic N) is 2. The van der Waals surface area contributed by atoms with E-state index in [0.29, 0.717) is 22.9 Å². The number of carbonyl (C=O) groups is 3. The van der Waals surface area contributed by atoms with Crippen molar-refractivity contribution in [2.75, 3.05) is 34.4 Å². The van der Waals surface area contributed by atoms with Crippen molar-refractivity contribution >= 4 is 51.4 Å². The van der Waals surface area contributed by atoms with E-state index in [2.05, 4.69) is 15.6 Å². The summed E-state index contributed by atoms with van der Waals surface area (Å²) in [6.45, 7) is 4.02. The largest absolute Gasteiger partial charge is 0.383 e. The molecule has 1 aromatic heterocycles. The Morgan fingerprint density at radius 1 is 1.26 bits per heavy atom. The van der Waals surface area contributed by atoms with Crippen molar-refractivity contribution in [3.8, 4) is 0 Å². The smallest absolute Gasteiger partial charge is 0.259 e. The molecular weight excluding hydrogens is 450 g/mol. The molecule has 0 saturated carbocycles. The molecule has 0 radical (unpaired) electrons. The molecule has 0 aliphatic carbocycles. The van der Waals surface area contributed by atoms with Crippen LogP contribution in [0.3, 0.4) is 0 Å². The predicted octanol–water partition coefficient (Wildman–Crippen LogP) is 1.78. The summed E-state index contributed by atoms with van der Waals surface area (Å²) in [5.41, 5.74) is 7.61. The van der Waals surface area contributed by atoms with Crippen LogP contribution in [0.1, 0.15) is 19.4 Å². The van der Waals surface area contributed by atoms with E-state index in [1.165, 1.54) is 4.90 Å². The van der Waals surface area contributed by atoms with Crippen LogP contribution in [0.4, 0.5) is 22.9 Å². The number of nitrogens with two attached hydrogens (primary N) is 1. The normalized spacial score (nSPS) is 19.9. The minimum absolute atomic E-state index is 0.115. The summed E-state index contributed by atoms with van der Waals surface area (Å²) < 4.78 is 5.51. The molecule has 1 saturated heterocycles.